The van der Waals surface area contributed by atoms with E-state index in [1.54, 1.807) is 36.0 Å². The number of carbonyl (C=O) groups is 1. The summed E-state index contributed by atoms with van der Waals surface area (Å²) < 4.78 is 1.42. The molecule has 0 bridgehead atoms. The molecular weight excluding hydrogens is 348 g/mol. The molecule has 0 saturated heterocycles. The third-order valence-electron chi connectivity index (χ3n) is 3.98. The Morgan fingerprint density at radius 3 is 2.58 bits per heavy atom. The van der Waals surface area contributed by atoms with Crippen molar-refractivity contribution in [2.45, 2.75) is 17.9 Å². The average molecular weight is 366 g/mol. The number of rotatable bonds is 6. The lowest BCUT2D eigenvalue weighted by molar-refractivity contribution is -0.137. The van der Waals surface area contributed by atoms with Gasteiger partial charge in [0, 0.05) is 11.4 Å². The Balaban J connectivity index is 2.03. The van der Waals surface area contributed by atoms with Gasteiger partial charge in [0.15, 0.2) is 0 Å². The van der Waals surface area contributed by atoms with E-state index in [0.717, 1.165) is 5.56 Å². The first-order valence-electron chi connectivity index (χ1n) is 8.12. The number of fused-ring (bicyclic) bond motifs is 1. The standard InChI is InChI=1S/C20H18N2O3S/c1-26-15-9-6-14(7-10-15)8-11-18-21-17-5-3-2-4-16(17)20(25)22(18)13-12-19(23)24/h2-11H,12-13H2,1H3,(H,23,24)/b11-8-. The molecule has 132 valence electrons. The lowest BCUT2D eigenvalue weighted by atomic mass is 10.2. The molecule has 0 amide bonds. The zero-order chi connectivity index (χ0) is 18.5. The molecule has 6 heteroatoms. The minimum absolute atomic E-state index is 0.0804. The minimum Gasteiger partial charge on any atom is -0.481 e. The third kappa shape index (κ3) is 4.03. The molecule has 0 aliphatic heterocycles. The van der Waals surface area contributed by atoms with Crippen molar-refractivity contribution in [1.82, 2.24) is 9.55 Å². The summed E-state index contributed by atoms with van der Waals surface area (Å²) in [5, 5.41) is 9.46. The SMILES string of the molecule is CSc1ccc(/C=C\c2nc3ccccc3c(=O)n2CCC(=O)O)cc1. The van der Waals surface area contributed by atoms with Gasteiger partial charge in [-0.05, 0) is 42.2 Å². The first kappa shape index (κ1) is 17.9. The van der Waals surface area contributed by atoms with Gasteiger partial charge in [0.1, 0.15) is 5.82 Å². The van der Waals surface area contributed by atoms with Crippen LogP contribution in [0, 0.1) is 0 Å². The number of aromatic nitrogens is 2. The van der Waals surface area contributed by atoms with E-state index in [2.05, 4.69) is 4.98 Å². The van der Waals surface area contributed by atoms with Crippen LogP contribution in [0.25, 0.3) is 23.1 Å². The second-order valence-corrected chi connectivity index (χ2v) is 6.57. The molecule has 5 nitrogen and oxygen atoms in total. The number of benzene rings is 2. The average Bonchev–Trinajstić information content (AvgIpc) is 2.66. The van der Waals surface area contributed by atoms with Gasteiger partial charge in [0.2, 0.25) is 0 Å². The third-order valence-corrected chi connectivity index (χ3v) is 4.72. The number of thioether (sulfide) groups is 1. The van der Waals surface area contributed by atoms with E-state index in [-0.39, 0.29) is 18.5 Å². The van der Waals surface area contributed by atoms with Crippen LogP contribution in [0.3, 0.4) is 0 Å². The molecule has 0 saturated carbocycles. The Labute approximate surface area is 155 Å². The molecule has 26 heavy (non-hydrogen) atoms. The summed E-state index contributed by atoms with van der Waals surface area (Å²) >= 11 is 1.67. The van der Waals surface area contributed by atoms with Crippen LogP contribution in [0.4, 0.5) is 0 Å². The Morgan fingerprint density at radius 1 is 1.15 bits per heavy atom. The maximum absolute atomic E-state index is 12.8. The van der Waals surface area contributed by atoms with Gasteiger partial charge in [-0.1, -0.05) is 30.3 Å². The van der Waals surface area contributed by atoms with Crippen molar-refractivity contribution >= 4 is 40.8 Å². The molecule has 1 N–H and O–H groups in total. The zero-order valence-corrected chi connectivity index (χ0v) is 15.1. The van der Waals surface area contributed by atoms with Crippen molar-refractivity contribution in [3.63, 3.8) is 0 Å². The van der Waals surface area contributed by atoms with Gasteiger partial charge in [-0.25, -0.2) is 4.98 Å². The molecule has 1 aromatic heterocycles. The number of aliphatic carboxylic acids is 1. The fourth-order valence-electron chi connectivity index (χ4n) is 2.62. The molecular formula is C20H18N2O3S. The maximum Gasteiger partial charge on any atom is 0.305 e. The number of nitrogens with zero attached hydrogens (tertiary/aromatic N) is 2. The topological polar surface area (TPSA) is 72.2 Å². The minimum atomic E-state index is -0.951. The molecule has 0 aliphatic rings. The normalized spacial score (nSPS) is 11.3. The fourth-order valence-corrected chi connectivity index (χ4v) is 3.03. The van der Waals surface area contributed by atoms with Crippen LogP contribution in [0.2, 0.25) is 0 Å². The van der Waals surface area contributed by atoms with Crippen LogP contribution >= 0.6 is 11.8 Å². The van der Waals surface area contributed by atoms with Crippen molar-refractivity contribution in [3.8, 4) is 0 Å². The summed E-state index contributed by atoms with van der Waals surface area (Å²) in [7, 11) is 0. The van der Waals surface area contributed by atoms with Gasteiger partial charge in [-0.15, -0.1) is 11.8 Å². The van der Waals surface area contributed by atoms with Crippen LogP contribution < -0.4 is 5.56 Å². The van der Waals surface area contributed by atoms with Crippen molar-refractivity contribution < 1.29 is 9.90 Å². The Kier molecular flexibility index (Phi) is 5.53. The summed E-state index contributed by atoms with van der Waals surface area (Å²) in [4.78, 5) is 29.4. The number of carboxylic acid groups (broad SMARTS) is 1. The summed E-state index contributed by atoms with van der Waals surface area (Å²) in [6.07, 6.45) is 5.51. The van der Waals surface area contributed by atoms with E-state index in [0.29, 0.717) is 16.7 Å². The number of para-hydroxylation sites is 1. The van der Waals surface area contributed by atoms with Crippen molar-refractivity contribution in [2.24, 2.45) is 0 Å². The molecule has 0 radical (unpaired) electrons. The van der Waals surface area contributed by atoms with E-state index in [4.69, 9.17) is 5.11 Å². The van der Waals surface area contributed by atoms with Crippen LogP contribution in [0.1, 0.15) is 17.8 Å². The largest absolute Gasteiger partial charge is 0.481 e. The molecule has 0 aliphatic carbocycles. The van der Waals surface area contributed by atoms with Gasteiger partial charge < -0.3 is 5.11 Å². The predicted octanol–water partition coefficient (Wildman–Crippen LogP) is 3.76. The van der Waals surface area contributed by atoms with Gasteiger partial charge in [0.25, 0.3) is 5.56 Å². The molecule has 3 aromatic rings. The first-order chi connectivity index (χ1) is 12.6. The van der Waals surface area contributed by atoms with E-state index in [1.807, 2.05) is 42.7 Å². The summed E-state index contributed by atoms with van der Waals surface area (Å²) in [5.74, 6) is -0.503. The smallest absolute Gasteiger partial charge is 0.305 e. The molecule has 2 aromatic carbocycles. The number of hydrogen-bond donors (Lipinski definition) is 1. The molecule has 3 rings (SSSR count). The van der Waals surface area contributed by atoms with Crippen molar-refractivity contribution in [2.75, 3.05) is 6.26 Å². The lowest BCUT2D eigenvalue weighted by Gasteiger charge is -2.10. The number of hydrogen-bond acceptors (Lipinski definition) is 4. The lowest BCUT2D eigenvalue weighted by Crippen LogP contribution is -2.25. The monoisotopic (exact) mass is 366 g/mol. The van der Waals surface area contributed by atoms with Gasteiger partial charge in [-0.2, -0.15) is 0 Å². The predicted molar refractivity (Wildman–Crippen MR) is 105 cm³/mol. The maximum atomic E-state index is 12.8. The fraction of sp³-hybridized carbons (Fsp3) is 0.150. The Hall–Kier alpha value is -2.86. The highest BCUT2D eigenvalue weighted by Gasteiger charge is 2.10. The quantitative estimate of drug-likeness (QED) is 0.673. The molecule has 0 atom stereocenters. The second-order valence-electron chi connectivity index (χ2n) is 5.69. The van der Waals surface area contributed by atoms with Gasteiger partial charge in [-0.3, -0.25) is 14.2 Å². The molecule has 0 fully saturated rings. The zero-order valence-electron chi connectivity index (χ0n) is 14.3. The highest BCUT2D eigenvalue weighted by atomic mass is 32.2. The van der Waals surface area contributed by atoms with E-state index >= 15 is 0 Å². The van der Waals surface area contributed by atoms with Gasteiger partial charge >= 0.3 is 5.97 Å². The second kappa shape index (κ2) is 8.01. The number of carboxylic acids is 1. The molecule has 0 spiro atoms. The van der Waals surface area contributed by atoms with Gasteiger partial charge in [0.05, 0.1) is 17.3 Å². The summed E-state index contributed by atoms with van der Waals surface area (Å²) in [6, 6.07) is 15.1. The highest BCUT2D eigenvalue weighted by molar-refractivity contribution is 7.98. The first-order valence-corrected chi connectivity index (χ1v) is 9.34. The highest BCUT2D eigenvalue weighted by Crippen LogP contribution is 2.16. The summed E-state index contributed by atoms with van der Waals surface area (Å²) in [6.45, 7) is 0.0804. The summed E-state index contributed by atoms with van der Waals surface area (Å²) in [5.41, 5.74) is 1.35. The van der Waals surface area contributed by atoms with Crippen LogP contribution in [0.15, 0.2) is 58.2 Å². The molecule has 1 heterocycles. The van der Waals surface area contributed by atoms with Crippen LogP contribution in [-0.2, 0) is 11.3 Å². The molecule has 0 unspecified atom stereocenters. The van der Waals surface area contributed by atoms with Crippen molar-refractivity contribution in [1.29, 1.82) is 0 Å². The van der Waals surface area contributed by atoms with Crippen LogP contribution in [-0.4, -0.2) is 26.9 Å². The van der Waals surface area contributed by atoms with Crippen LogP contribution in [0.5, 0.6) is 0 Å². The van der Waals surface area contributed by atoms with Crippen molar-refractivity contribution in [3.05, 3.63) is 70.3 Å². The Bertz CT molecular complexity index is 1020. The Morgan fingerprint density at radius 2 is 1.88 bits per heavy atom. The van der Waals surface area contributed by atoms with E-state index in [9.17, 15) is 9.59 Å². The van der Waals surface area contributed by atoms with E-state index < -0.39 is 5.97 Å². The van der Waals surface area contributed by atoms with E-state index in [1.165, 1.54) is 9.46 Å².